The highest BCUT2D eigenvalue weighted by Gasteiger charge is 2.25. The van der Waals surface area contributed by atoms with E-state index in [0.29, 0.717) is 28.7 Å². The zero-order valence-electron chi connectivity index (χ0n) is 22.3. The lowest BCUT2D eigenvalue weighted by Gasteiger charge is -2.21. The van der Waals surface area contributed by atoms with Crippen molar-refractivity contribution in [2.75, 3.05) is 0 Å². The van der Waals surface area contributed by atoms with E-state index in [9.17, 15) is 9.59 Å². The van der Waals surface area contributed by atoms with Crippen molar-refractivity contribution < 1.29 is 19.1 Å². The molecule has 2 N–H and O–H groups in total. The van der Waals surface area contributed by atoms with Crippen LogP contribution in [0.25, 0.3) is 0 Å². The van der Waals surface area contributed by atoms with Gasteiger partial charge in [-0.25, -0.2) is 5.43 Å². The molecule has 4 rings (SSSR count). The largest absolute Gasteiger partial charge is 0.488 e. The minimum absolute atomic E-state index is 0.249. The van der Waals surface area contributed by atoms with Gasteiger partial charge in [-0.05, 0) is 48.4 Å². The molecule has 0 heterocycles. The van der Waals surface area contributed by atoms with E-state index >= 15 is 0 Å². The Morgan fingerprint density at radius 2 is 1.49 bits per heavy atom. The fourth-order valence-electron chi connectivity index (χ4n) is 3.86. The third kappa shape index (κ3) is 9.10. The van der Waals surface area contributed by atoms with Gasteiger partial charge in [0.15, 0.2) is 6.10 Å². The molecule has 4 aromatic rings. The molecule has 2 amide bonds. The van der Waals surface area contributed by atoms with Crippen molar-refractivity contribution >= 4 is 41.2 Å². The molecule has 41 heavy (non-hydrogen) atoms. The van der Waals surface area contributed by atoms with E-state index in [4.69, 9.17) is 32.7 Å². The standard InChI is InChI=1S/C32H29Cl2N3O4/c1-22(41-30-17-16-26(33)19-27(30)34)31(38)36-28(18-23-10-4-2-5-11-23)32(39)37-35-20-25-14-8-9-15-29(25)40-21-24-12-6-3-7-13-24/h2-17,19-20,22,28H,18,21H2,1H3,(H,36,38)(H,37,39)/b35-20-/t22-,28-/m1/s1. The smallest absolute Gasteiger partial charge is 0.262 e. The van der Waals surface area contributed by atoms with Gasteiger partial charge in [0.1, 0.15) is 24.1 Å². The monoisotopic (exact) mass is 589 g/mol. The number of benzene rings is 4. The molecular weight excluding hydrogens is 561 g/mol. The van der Waals surface area contributed by atoms with E-state index in [1.54, 1.807) is 19.1 Å². The Morgan fingerprint density at radius 3 is 2.20 bits per heavy atom. The number of halogens is 2. The third-order valence-electron chi connectivity index (χ3n) is 6.02. The Kier molecular flexibility index (Phi) is 10.8. The van der Waals surface area contributed by atoms with Gasteiger partial charge in [0.05, 0.1) is 11.2 Å². The van der Waals surface area contributed by atoms with Crippen LogP contribution in [0.3, 0.4) is 0 Å². The highest BCUT2D eigenvalue weighted by molar-refractivity contribution is 6.35. The number of ether oxygens (including phenoxy) is 2. The molecule has 0 spiro atoms. The summed E-state index contributed by atoms with van der Waals surface area (Å²) in [6, 6.07) is 30.4. The molecule has 0 aliphatic heterocycles. The maximum atomic E-state index is 13.2. The molecule has 0 saturated heterocycles. The zero-order valence-corrected chi connectivity index (χ0v) is 23.8. The quantitative estimate of drug-likeness (QED) is 0.152. The number of carbonyl (C=O) groups is 2. The minimum atomic E-state index is -0.933. The second-order valence-corrected chi connectivity index (χ2v) is 9.98. The van der Waals surface area contributed by atoms with Gasteiger partial charge in [-0.3, -0.25) is 9.59 Å². The van der Waals surface area contributed by atoms with Gasteiger partial charge in [0.2, 0.25) is 0 Å². The predicted octanol–water partition coefficient (Wildman–Crippen LogP) is 6.22. The second-order valence-electron chi connectivity index (χ2n) is 9.13. The number of nitrogens with zero attached hydrogens (tertiary/aromatic N) is 1. The van der Waals surface area contributed by atoms with Crippen LogP contribution in [-0.4, -0.2) is 30.2 Å². The Bertz CT molecular complexity index is 1480. The molecule has 0 unspecified atom stereocenters. The van der Waals surface area contributed by atoms with Crippen LogP contribution >= 0.6 is 23.2 Å². The Hall–Kier alpha value is -4.33. The van der Waals surface area contributed by atoms with Gasteiger partial charge in [-0.15, -0.1) is 0 Å². The third-order valence-corrected chi connectivity index (χ3v) is 6.55. The fraction of sp³-hybridized carbons (Fsp3) is 0.156. The zero-order chi connectivity index (χ0) is 29.0. The number of para-hydroxylation sites is 1. The average Bonchev–Trinajstić information content (AvgIpc) is 2.98. The summed E-state index contributed by atoms with van der Waals surface area (Å²) in [4.78, 5) is 26.2. The number of rotatable bonds is 12. The van der Waals surface area contributed by atoms with Crippen molar-refractivity contribution in [1.82, 2.24) is 10.7 Å². The molecule has 0 saturated carbocycles. The summed E-state index contributed by atoms with van der Waals surface area (Å²) in [5.74, 6) is -0.0514. The molecule has 0 aliphatic rings. The number of amides is 2. The van der Waals surface area contributed by atoms with Crippen LogP contribution in [0.5, 0.6) is 11.5 Å². The molecule has 0 aliphatic carbocycles. The van der Waals surface area contributed by atoms with E-state index in [0.717, 1.165) is 11.1 Å². The van der Waals surface area contributed by atoms with Crippen LogP contribution in [0, 0.1) is 0 Å². The van der Waals surface area contributed by atoms with Gasteiger partial charge in [0, 0.05) is 17.0 Å². The number of hydrogen-bond acceptors (Lipinski definition) is 5. The van der Waals surface area contributed by atoms with Crippen LogP contribution in [0.2, 0.25) is 10.0 Å². The number of hydrogen-bond donors (Lipinski definition) is 2. The summed E-state index contributed by atoms with van der Waals surface area (Å²) in [5.41, 5.74) is 5.13. The predicted molar refractivity (Wildman–Crippen MR) is 162 cm³/mol. The molecule has 0 bridgehead atoms. The first-order valence-electron chi connectivity index (χ1n) is 12.9. The summed E-state index contributed by atoms with van der Waals surface area (Å²) in [7, 11) is 0. The molecule has 2 atom stereocenters. The van der Waals surface area contributed by atoms with Crippen LogP contribution < -0.4 is 20.2 Å². The molecule has 7 nitrogen and oxygen atoms in total. The van der Waals surface area contributed by atoms with Crippen molar-refractivity contribution in [3.63, 3.8) is 0 Å². The van der Waals surface area contributed by atoms with Crippen LogP contribution in [0.15, 0.2) is 108 Å². The van der Waals surface area contributed by atoms with E-state index < -0.39 is 24.0 Å². The van der Waals surface area contributed by atoms with Crippen molar-refractivity contribution in [2.24, 2.45) is 5.10 Å². The van der Waals surface area contributed by atoms with E-state index in [2.05, 4.69) is 15.8 Å². The minimum Gasteiger partial charge on any atom is -0.488 e. The number of carbonyl (C=O) groups excluding carboxylic acids is 2. The normalized spacial score (nSPS) is 12.4. The molecular formula is C32H29Cl2N3O4. The fourth-order valence-corrected chi connectivity index (χ4v) is 4.31. The topological polar surface area (TPSA) is 89.0 Å². The lowest BCUT2D eigenvalue weighted by atomic mass is 10.1. The van der Waals surface area contributed by atoms with E-state index in [1.807, 2.05) is 84.9 Å². The Labute approximate surface area is 249 Å². The summed E-state index contributed by atoms with van der Waals surface area (Å²) >= 11 is 12.1. The van der Waals surface area contributed by atoms with Gasteiger partial charge < -0.3 is 14.8 Å². The van der Waals surface area contributed by atoms with E-state index in [-0.39, 0.29) is 11.4 Å². The molecule has 0 aromatic heterocycles. The molecule has 4 aromatic carbocycles. The summed E-state index contributed by atoms with van der Waals surface area (Å²) < 4.78 is 11.7. The first kappa shape index (κ1) is 29.6. The first-order valence-corrected chi connectivity index (χ1v) is 13.7. The van der Waals surface area contributed by atoms with Gasteiger partial charge in [-0.2, -0.15) is 5.10 Å². The van der Waals surface area contributed by atoms with Crippen LogP contribution in [0.4, 0.5) is 0 Å². The maximum absolute atomic E-state index is 13.2. The maximum Gasteiger partial charge on any atom is 0.262 e. The van der Waals surface area contributed by atoms with Crippen molar-refractivity contribution in [3.8, 4) is 11.5 Å². The van der Waals surface area contributed by atoms with Gasteiger partial charge in [0.25, 0.3) is 11.8 Å². The van der Waals surface area contributed by atoms with Crippen LogP contribution in [0.1, 0.15) is 23.6 Å². The van der Waals surface area contributed by atoms with Crippen LogP contribution in [-0.2, 0) is 22.6 Å². The summed E-state index contributed by atoms with van der Waals surface area (Å²) in [6.07, 6.45) is 0.824. The summed E-state index contributed by atoms with van der Waals surface area (Å²) in [6.45, 7) is 1.97. The number of nitrogens with one attached hydrogen (secondary N) is 2. The SMILES string of the molecule is C[C@@H](Oc1ccc(Cl)cc1Cl)C(=O)N[C@H](Cc1ccccc1)C(=O)N/N=C\c1ccccc1OCc1ccccc1. The van der Waals surface area contributed by atoms with Gasteiger partial charge in [-0.1, -0.05) is 96.0 Å². The first-order chi connectivity index (χ1) is 19.9. The lowest BCUT2D eigenvalue weighted by molar-refractivity contribution is -0.132. The van der Waals surface area contributed by atoms with E-state index in [1.165, 1.54) is 12.3 Å². The Morgan fingerprint density at radius 1 is 0.829 bits per heavy atom. The highest BCUT2D eigenvalue weighted by Crippen LogP contribution is 2.28. The van der Waals surface area contributed by atoms with Crippen molar-refractivity contribution in [3.05, 3.63) is 130 Å². The summed E-state index contributed by atoms with van der Waals surface area (Å²) in [5, 5.41) is 7.64. The molecule has 0 radical (unpaired) electrons. The lowest BCUT2D eigenvalue weighted by Crippen LogP contribution is -2.50. The average molecular weight is 591 g/mol. The molecule has 210 valence electrons. The van der Waals surface area contributed by atoms with Gasteiger partial charge >= 0.3 is 0 Å². The molecule has 9 heteroatoms. The highest BCUT2D eigenvalue weighted by atomic mass is 35.5. The van der Waals surface area contributed by atoms with Crippen molar-refractivity contribution in [1.29, 1.82) is 0 Å². The second kappa shape index (κ2) is 14.9. The van der Waals surface area contributed by atoms with Crippen molar-refractivity contribution in [2.45, 2.75) is 32.1 Å². The Balaban J connectivity index is 1.42. The molecule has 0 fully saturated rings. The number of hydrazone groups is 1.